The third-order valence-corrected chi connectivity index (χ3v) is 4.04. The molecule has 3 rings (SSSR count). The van der Waals surface area contributed by atoms with Gasteiger partial charge in [0, 0.05) is 11.8 Å². The number of primary amides is 1. The maximum Gasteiger partial charge on any atom is 0.342 e. The second-order valence-corrected chi connectivity index (χ2v) is 5.94. The van der Waals surface area contributed by atoms with Crippen LogP contribution in [0.5, 0.6) is 0 Å². The summed E-state index contributed by atoms with van der Waals surface area (Å²) in [5.41, 5.74) is 8.57. The summed E-state index contributed by atoms with van der Waals surface area (Å²) in [4.78, 5) is 23.9. The number of amides is 1. The number of rotatable bonds is 5. The molecule has 0 radical (unpaired) electrons. The van der Waals surface area contributed by atoms with Crippen LogP contribution in [0.3, 0.4) is 0 Å². The number of hydrogen-bond acceptors (Lipinski definition) is 4. The first-order valence-electron chi connectivity index (χ1n) is 8.18. The van der Waals surface area contributed by atoms with Crippen molar-refractivity contribution in [2.24, 2.45) is 5.73 Å². The predicted octanol–water partition coefficient (Wildman–Crippen LogP) is 2.88. The van der Waals surface area contributed by atoms with E-state index in [1.807, 2.05) is 61.5 Å². The molecule has 0 saturated carbocycles. The average molecular weight is 349 g/mol. The van der Waals surface area contributed by atoms with E-state index < -0.39 is 18.0 Å². The highest BCUT2D eigenvalue weighted by Gasteiger charge is 2.24. The van der Waals surface area contributed by atoms with Crippen LogP contribution in [-0.4, -0.2) is 27.8 Å². The van der Waals surface area contributed by atoms with Gasteiger partial charge in [0.05, 0.1) is 5.69 Å². The molecule has 0 fully saturated rings. The van der Waals surface area contributed by atoms with Crippen molar-refractivity contribution >= 4 is 11.9 Å². The highest BCUT2D eigenvalue weighted by Crippen LogP contribution is 2.27. The largest absolute Gasteiger partial charge is 0.449 e. The molecule has 0 aliphatic heterocycles. The quantitative estimate of drug-likeness (QED) is 0.718. The number of esters is 1. The Morgan fingerprint density at radius 2 is 1.73 bits per heavy atom. The first kappa shape index (κ1) is 17.4. The first-order chi connectivity index (χ1) is 12.5. The molecule has 0 aliphatic carbocycles. The van der Waals surface area contributed by atoms with Gasteiger partial charge in [0.2, 0.25) is 0 Å². The summed E-state index contributed by atoms with van der Waals surface area (Å²) in [7, 11) is 0. The fraction of sp³-hybridized carbons (Fsp3) is 0.150. The van der Waals surface area contributed by atoms with Gasteiger partial charge in [-0.15, -0.1) is 0 Å². The van der Waals surface area contributed by atoms with Crippen LogP contribution in [0.2, 0.25) is 0 Å². The zero-order valence-corrected chi connectivity index (χ0v) is 14.5. The van der Waals surface area contributed by atoms with Crippen molar-refractivity contribution in [3.05, 3.63) is 71.9 Å². The van der Waals surface area contributed by atoms with Gasteiger partial charge in [0.15, 0.2) is 6.10 Å². The van der Waals surface area contributed by atoms with E-state index in [1.54, 1.807) is 10.9 Å². The molecule has 0 aliphatic rings. The molecule has 2 N–H and O–H groups in total. The summed E-state index contributed by atoms with van der Waals surface area (Å²) in [5.74, 6) is -1.34. The normalized spacial score (nSPS) is 11.8. The number of aryl methyl sites for hydroxylation is 1. The number of benzene rings is 2. The fourth-order valence-corrected chi connectivity index (χ4v) is 2.56. The second-order valence-electron chi connectivity index (χ2n) is 5.94. The van der Waals surface area contributed by atoms with E-state index in [-0.39, 0.29) is 5.56 Å². The van der Waals surface area contributed by atoms with E-state index in [0.717, 1.165) is 16.8 Å². The summed E-state index contributed by atoms with van der Waals surface area (Å²) < 4.78 is 6.80. The summed E-state index contributed by atoms with van der Waals surface area (Å²) >= 11 is 0. The topological polar surface area (TPSA) is 87.2 Å². The van der Waals surface area contributed by atoms with Gasteiger partial charge in [0.1, 0.15) is 11.3 Å². The highest BCUT2D eigenvalue weighted by molar-refractivity contribution is 5.97. The van der Waals surface area contributed by atoms with Gasteiger partial charge in [-0.3, -0.25) is 4.79 Å². The van der Waals surface area contributed by atoms with E-state index in [1.165, 1.54) is 6.92 Å². The molecule has 1 aromatic heterocycles. The van der Waals surface area contributed by atoms with Crippen LogP contribution in [0.1, 0.15) is 22.8 Å². The zero-order valence-electron chi connectivity index (χ0n) is 14.5. The fourth-order valence-electron chi connectivity index (χ4n) is 2.56. The number of carbonyl (C=O) groups excluding carboxylic acids is 2. The number of aromatic nitrogens is 2. The van der Waals surface area contributed by atoms with Crippen LogP contribution in [0.15, 0.2) is 60.8 Å². The van der Waals surface area contributed by atoms with Gasteiger partial charge in [-0.1, -0.05) is 42.5 Å². The molecule has 1 atom stereocenters. The number of para-hydroxylation sites is 1. The predicted molar refractivity (Wildman–Crippen MR) is 97.8 cm³/mol. The Kier molecular flexibility index (Phi) is 4.84. The van der Waals surface area contributed by atoms with Crippen LogP contribution in [0.25, 0.3) is 16.9 Å². The van der Waals surface area contributed by atoms with Crippen LogP contribution < -0.4 is 5.73 Å². The molecule has 132 valence electrons. The molecule has 0 unspecified atom stereocenters. The molecule has 6 nitrogen and oxygen atoms in total. The van der Waals surface area contributed by atoms with E-state index in [9.17, 15) is 9.59 Å². The van der Waals surface area contributed by atoms with Crippen molar-refractivity contribution in [3.8, 4) is 16.9 Å². The molecule has 1 amide bonds. The standard InChI is InChI=1S/C20H19N3O3/c1-13-8-6-7-11-16(13)18-17(20(25)26-14(2)19(21)24)12-23(22-18)15-9-4-3-5-10-15/h3-12,14H,1-2H3,(H2,21,24)/t14-/m0/s1. The summed E-state index contributed by atoms with van der Waals surface area (Å²) in [6.07, 6.45) is 0.583. The number of nitrogens with two attached hydrogens (primary N) is 1. The highest BCUT2D eigenvalue weighted by atomic mass is 16.5. The maximum absolute atomic E-state index is 12.6. The zero-order chi connectivity index (χ0) is 18.7. The molecule has 3 aromatic rings. The minimum Gasteiger partial charge on any atom is -0.449 e. The minimum atomic E-state index is -1.02. The molecular weight excluding hydrogens is 330 g/mol. The van der Waals surface area contributed by atoms with Crippen molar-refractivity contribution in [2.45, 2.75) is 20.0 Å². The van der Waals surface area contributed by atoms with Crippen LogP contribution >= 0.6 is 0 Å². The number of hydrogen-bond donors (Lipinski definition) is 1. The Balaban J connectivity index is 2.09. The molecule has 0 spiro atoms. The molecule has 1 heterocycles. The van der Waals surface area contributed by atoms with E-state index in [0.29, 0.717) is 5.69 Å². The SMILES string of the molecule is Cc1ccccc1-c1nn(-c2ccccc2)cc1C(=O)O[C@@H](C)C(N)=O. The van der Waals surface area contributed by atoms with Crippen LogP contribution in [0.4, 0.5) is 0 Å². The Bertz CT molecular complexity index is 948. The smallest absolute Gasteiger partial charge is 0.342 e. The molecule has 0 saturated heterocycles. The molecule has 2 aromatic carbocycles. The lowest BCUT2D eigenvalue weighted by Crippen LogP contribution is -2.30. The number of ether oxygens (including phenoxy) is 1. The van der Waals surface area contributed by atoms with Gasteiger partial charge in [0.25, 0.3) is 5.91 Å². The second kappa shape index (κ2) is 7.23. The van der Waals surface area contributed by atoms with Crippen molar-refractivity contribution in [3.63, 3.8) is 0 Å². The third kappa shape index (κ3) is 3.49. The Morgan fingerprint density at radius 3 is 2.38 bits per heavy atom. The van der Waals surface area contributed by atoms with Gasteiger partial charge in [-0.2, -0.15) is 5.10 Å². The van der Waals surface area contributed by atoms with Crippen LogP contribution in [0, 0.1) is 6.92 Å². The lowest BCUT2D eigenvalue weighted by molar-refractivity contribution is -0.125. The van der Waals surface area contributed by atoms with Crippen LogP contribution in [-0.2, 0) is 9.53 Å². The summed E-state index contributed by atoms with van der Waals surface area (Å²) in [6.45, 7) is 3.38. The monoisotopic (exact) mass is 349 g/mol. The van der Waals surface area contributed by atoms with Crippen molar-refractivity contribution in [1.29, 1.82) is 0 Å². The Morgan fingerprint density at radius 1 is 1.08 bits per heavy atom. The summed E-state index contributed by atoms with van der Waals surface area (Å²) in [6, 6.07) is 17.1. The number of nitrogens with zero attached hydrogens (tertiary/aromatic N) is 2. The van der Waals surface area contributed by atoms with Gasteiger partial charge >= 0.3 is 5.97 Å². The Hall–Kier alpha value is -3.41. The van der Waals surface area contributed by atoms with Crippen molar-refractivity contribution in [1.82, 2.24) is 9.78 Å². The van der Waals surface area contributed by atoms with E-state index in [2.05, 4.69) is 5.10 Å². The van der Waals surface area contributed by atoms with E-state index in [4.69, 9.17) is 10.5 Å². The molecule has 26 heavy (non-hydrogen) atoms. The molecular formula is C20H19N3O3. The lowest BCUT2D eigenvalue weighted by Gasteiger charge is -2.10. The number of carbonyl (C=O) groups is 2. The van der Waals surface area contributed by atoms with Crippen molar-refractivity contribution in [2.75, 3.05) is 0 Å². The average Bonchev–Trinajstić information content (AvgIpc) is 3.08. The maximum atomic E-state index is 12.6. The molecule has 6 heteroatoms. The third-order valence-electron chi connectivity index (χ3n) is 4.04. The van der Waals surface area contributed by atoms with Gasteiger partial charge < -0.3 is 10.5 Å². The molecule has 0 bridgehead atoms. The lowest BCUT2D eigenvalue weighted by atomic mass is 10.0. The van der Waals surface area contributed by atoms with Gasteiger partial charge in [-0.25, -0.2) is 9.48 Å². The van der Waals surface area contributed by atoms with Gasteiger partial charge in [-0.05, 0) is 31.5 Å². The first-order valence-corrected chi connectivity index (χ1v) is 8.18. The minimum absolute atomic E-state index is 0.274. The van der Waals surface area contributed by atoms with Crippen molar-refractivity contribution < 1.29 is 14.3 Å². The van der Waals surface area contributed by atoms with E-state index >= 15 is 0 Å². The summed E-state index contributed by atoms with van der Waals surface area (Å²) in [5, 5.41) is 4.58. The Labute approximate surface area is 151 Å².